The average molecular weight is 212 g/mol. The maximum absolute atomic E-state index is 11.7. The zero-order valence-electron chi connectivity index (χ0n) is 9.05. The SMILES string of the molecule is CCN1C(=O)/C(=C/C(C)(C)C)NC1=S. The fourth-order valence-corrected chi connectivity index (χ4v) is 1.61. The zero-order valence-corrected chi connectivity index (χ0v) is 9.86. The van der Waals surface area contributed by atoms with Crippen molar-refractivity contribution in [3.8, 4) is 0 Å². The highest BCUT2D eigenvalue weighted by Crippen LogP contribution is 2.20. The molecule has 1 fully saturated rings. The summed E-state index contributed by atoms with van der Waals surface area (Å²) in [6.07, 6.45) is 1.91. The second-order valence-electron chi connectivity index (χ2n) is 4.40. The van der Waals surface area contributed by atoms with Gasteiger partial charge < -0.3 is 5.32 Å². The Hall–Kier alpha value is -0.900. The fourth-order valence-electron chi connectivity index (χ4n) is 1.29. The molecule has 1 saturated heterocycles. The van der Waals surface area contributed by atoms with E-state index in [-0.39, 0.29) is 11.3 Å². The van der Waals surface area contributed by atoms with Crippen LogP contribution in [0.4, 0.5) is 0 Å². The van der Waals surface area contributed by atoms with Crippen molar-refractivity contribution < 1.29 is 4.79 Å². The number of nitrogens with one attached hydrogen (secondary N) is 1. The minimum atomic E-state index is -0.0209. The Morgan fingerprint density at radius 1 is 1.50 bits per heavy atom. The fraction of sp³-hybridized carbons (Fsp3) is 0.600. The lowest BCUT2D eigenvalue weighted by atomic mass is 9.95. The molecule has 0 unspecified atom stereocenters. The summed E-state index contributed by atoms with van der Waals surface area (Å²) in [5.41, 5.74) is 0.585. The third-order valence-corrected chi connectivity index (χ3v) is 2.18. The van der Waals surface area contributed by atoms with Crippen LogP contribution in [0.3, 0.4) is 0 Å². The van der Waals surface area contributed by atoms with Crippen LogP contribution in [0.1, 0.15) is 27.7 Å². The van der Waals surface area contributed by atoms with Crippen LogP contribution in [-0.2, 0) is 4.79 Å². The molecule has 1 rings (SSSR count). The summed E-state index contributed by atoms with van der Waals surface area (Å²) >= 11 is 5.04. The molecule has 1 N–H and O–H groups in total. The van der Waals surface area contributed by atoms with Crippen LogP contribution < -0.4 is 5.32 Å². The first-order chi connectivity index (χ1) is 6.35. The molecule has 1 heterocycles. The molecule has 0 spiro atoms. The maximum Gasteiger partial charge on any atom is 0.276 e. The van der Waals surface area contributed by atoms with E-state index in [4.69, 9.17) is 12.2 Å². The lowest BCUT2D eigenvalue weighted by Gasteiger charge is -2.12. The number of rotatable bonds is 1. The molecule has 14 heavy (non-hydrogen) atoms. The summed E-state index contributed by atoms with van der Waals surface area (Å²) in [6, 6.07) is 0. The standard InChI is InChI=1S/C10H16N2OS/c1-5-12-8(13)7(11-9(12)14)6-10(2,3)4/h6H,5H2,1-4H3,(H,11,14)/b7-6-. The highest BCUT2D eigenvalue weighted by Gasteiger charge is 2.30. The van der Waals surface area contributed by atoms with Gasteiger partial charge in [-0.25, -0.2) is 0 Å². The number of nitrogens with zero attached hydrogens (tertiary/aromatic N) is 1. The van der Waals surface area contributed by atoms with Gasteiger partial charge in [-0.1, -0.05) is 20.8 Å². The van der Waals surface area contributed by atoms with E-state index in [0.717, 1.165) is 0 Å². The summed E-state index contributed by atoms with van der Waals surface area (Å²) in [4.78, 5) is 13.3. The van der Waals surface area contributed by atoms with Crippen molar-refractivity contribution in [2.75, 3.05) is 6.54 Å². The van der Waals surface area contributed by atoms with Crippen LogP contribution in [0.25, 0.3) is 0 Å². The van der Waals surface area contributed by atoms with Gasteiger partial charge in [-0.15, -0.1) is 0 Å². The zero-order chi connectivity index (χ0) is 10.9. The molecule has 4 heteroatoms. The van der Waals surface area contributed by atoms with E-state index in [1.165, 1.54) is 0 Å². The van der Waals surface area contributed by atoms with Crippen molar-refractivity contribution >= 4 is 23.2 Å². The van der Waals surface area contributed by atoms with Gasteiger partial charge in [0.25, 0.3) is 5.91 Å². The molecular formula is C10H16N2OS. The highest BCUT2D eigenvalue weighted by molar-refractivity contribution is 7.80. The Labute approximate surface area is 90.2 Å². The van der Waals surface area contributed by atoms with Crippen LogP contribution in [-0.4, -0.2) is 22.5 Å². The van der Waals surface area contributed by atoms with Crippen LogP contribution in [0.5, 0.6) is 0 Å². The van der Waals surface area contributed by atoms with Crippen LogP contribution in [0.15, 0.2) is 11.8 Å². The molecule has 0 saturated carbocycles. The Kier molecular flexibility index (Phi) is 2.95. The van der Waals surface area contributed by atoms with E-state index in [1.807, 2.05) is 33.8 Å². The largest absolute Gasteiger partial charge is 0.328 e. The number of amides is 1. The first-order valence-corrected chi connectivity index (χ1v) is 5.11. The summed E-state index contributed by atoms with van der Waals surface area (Å²) in [5, 5.41) is 3.44. The van der Waals surface area contributed by atoms with Crippen molar-refractivity contribution in [3.63, 3.8) is 0 Å². The third-order valence-electron chi connectivity index (χ3n) is 1.86. The molecule has 0 bridgehead atoms. The van der Waals surface area contributed by atoms with E-state index in [9.17, 15) is 4.79 Å². The van der Waals surface area contributed by atoms with Gasteiger partial charge in [0.05, 0.1) is 0 Å². The average Bonchev–Trinajstić information content (AvgIpc) is 2.24. The number of thiocarbonyl (C=S) groups is 1. The van der Waals surface area contributed by atoms with Gasteiger partial charge in [-0.05, 0) is 30.6 Å². The summed E-state index contributed by atoms with van der Waals surface area (Å²) in [7, 11) is 0. The van der Waals surface area contributed by atoms with Gasteiger partial charge in [0.1, 0.15) is 5.70 Å². The van der Waals surface area contributed by atoms with E-state index in [2.05, 4.69) is 5.32 Å². The van der Waals surface area contributed by atoms with Gasteiger partial charge in [0.2, 0.25) is 0 Å². The Bertz CT molecular complexity index is 302. The number of allylic oxidation sites excluding steroid dienone is 1. The van der Waals surface area contributed by atoms with Crippen molar-refractivity contribution in [1.29, 1.82) is 0 Å². The number of carbonyl (C=O) groups excluding carboxylic acids is 1. The molecule has 0 aromatic heterocycles. The first-order valence-electron chi connectivity index (χ1n) is 4.71. The lowest BCUT2D eigenvalue weighted by molar-refractivity contribution is -0.122. The molecule has 0 aromatic carbocycles. The van der Waals surface area contributed by atoms with Crippen LogP contribution in [0, 0.1) is 5.41 Å². The monoisotopic (exact) mass is 212 g/mol. The van der Waals surface area contributed by atoms with E-state index in [1.54, 1.807) is 4.90 Å². The first kappa shape index (κ1) is 11.2. The normalized spacial score (nSPS) is 20.6. The van der Waals surface area contributed by atoms with Crippen molar-refractivity contribution in [3.05, 3.63) is 11.8 Å². The second kappa shape index (κ2) is 3.69. The Morgan fingerprint density at radius 3 is 2.43 bits per heavy atom. The Morgan fingerprint density at radius 2 is 2.07 bits per heavy atom. The number of hydrogen-bond donors (Lipinski definition) is 1. The minimum Gasteiger partial charge on any atom is -0.328 e. The molecule has 3 nitrogen and oxygen atoms in total. The summed E-state index contributed by atoms with van der Waals surface area (Å²) < 4.78 is 0. The van der Waals surface area contributed by atoms with Crippen LogP contribution in [0.2, 0.25) is 0 Å². The molecule has 0 radical (unpaired) electrons. The highest BCUT2D eigenvalue weighted by atomic mass is 32.1. The topological polar surface area (TPSA) is 32.3 Å². The molecule has 1 aliphatic rings. The van der Waals surface area contributed by atoms with Gasteiger partial charge in [-0.2, -0.15) is 0 Å². The van der Waals surface area contributed by atoms with E-state index < -0.39 is 0 Å². The lowest BCUT2D eigenvalue weighted by Crippen LogP contribution is -2.30. The summed E-state index contributed by atoms with van der Waals surface area (Å²) in [5.74, 6) is -0.0209. The van der Waals surface area contributed by atoms with Gasteiger partial charge in [0.15, 0.2) is 5.11 Å². The molecule has 0 aliphatic carbocycles. The maximum atomic E-state index is 11.7. The minimum absolute atomic E-state index is 0.0165. The van der Waals surface area contributed by atoms with E-state index >= 15 is 0 Å². The van der Waals surface area contributed by atoms with E-state index in [0.29, 0.717) is 17.4 Å². The predicted octanol–water partition coefficient (Wildman–Crippen LogP) is 1.65. The van der Waals surface area contributed by atoms with Crippen LogP contribution >= 0.6 is 12.2 Å². The quantitative estimate of drug-likeness (QED) is 0.530. The Balaban J connectivity index is 2.92. The molecular weight excluding hydrogens is 196 g/mol. The number of carbonyl (C=O) groups is 1. The number of hydrogen-bond acceptors (Lipinski definition) is 2. The van der Waals surface area contributed by atoms with Gasteiger partial charge in [0, 0.05) is 6.54 Å². The van der Waals surface area contributed by atoms with Crippen molar-refractivity contribution in [2.24, 2.45) is 5.41 Å². The van der Waals surface area contributed by atoms with Gasteiger partial charge >= 0.3 is 0 Å². The smallest absolute Gasteiger partial charge is 0.276 e. The molecule has 78 valence electrons. The second-order valence-corrected chi connectivity index (χ2v) is 4.79. The molecule has 0 atom stereocenters. The summed E-state index contributed by atoms with van der Waals surface area (Å²) in [6.45, 7) is 8.67. The number of likely N-dealkylation sites (N-methyl/N-ethyl adjacent to an activating group) is 1. The molecule has 1 amide bonds. The predicted molar refractivity (Wildman–Crippen MR) is 60.7 cm³/mol. The van der Waals surface area contributed by atoms with Crippen molar-refractivity contribution in [2.45, 2.75) is 27.7 Å². The molecule has 0 aromatic rings. The molecule has 1 aliphatic heterocycles. The van der Waals surface area contributed by atoms with Crippen molar-refractivity contribution in [1.82, 2.24) is 10.2 Å². The third kappa shape index (κ3) is 2.32. The van der Waals surface area contributed by atoms with Gasteiger partial charge in [-0.3, -0.25) is 9.69 Å².